The number of fused-ring (bicyclic) bond motifs is 1. The van der Waals surface area contributed by atoms with Crippen molar-refractivity contribution in [3.63, 3.8) is 0 Å². The van der Waals surface area contributed by atoms with Crippen LogP contribution in [0, 0.1) is 5.82 Å². The molecule has 0 aliphatic carbocycles. The zero-order valence-corrected chi connectivity index (χ0v) is 12.9. The molecule has 1 aliphatic rings. The molecule has 0 atom stereocenters. The van der Waals surface area contributed by atoms with E-state index in [-0.39, 0.29) is 11.7 Å². The van der Waals surface area contributed by atoms with E-state index in [0.717, 1.165) is 24.3 Å². The number of piperazine rings is 1. The van der Waals surface area contributed by atoms with Crippen molar-refractivity contribution >= 4 is 22.6 Å². The van der Waals surface area contributed by atoms with Crippen molar-refractivity contribution in [3.8, 4) is 0 Å². The zero-order chi connectivity index (χ0) is 16.5. The molecule has 0 unspecified atom stereocenters. The lowest BCUT2D eigenvalue weighted by Gasteiger charge is -2.36. The molecule has 24 heavy (non-hydrogen) atoms. The Balaban J connectivity index is 1.44. The lowest BCUT2D eigenvalue weighted by Crippen LogP contribution is -2.48. The van der Waals surface area contributed by atoms with Crippen LogP contribution in [-0.4, -0.2) is 52.4 Å². The highest BCUT2D eigenvalue weighted by Gasteiger charge is 2.22. The number of aromatic amines is 1. The first kappa shape index (κ1) is 14.6. The van der Waals surface area contributed by atoms with E-state index in [1.807, 2.05) is 4.90 Å². The van der Waals surface area contributed by atoms with Gasteiger partial charge in [-0.25, -0.2) is 4.39 Å². The van der Waals surface area contributed by atoms with Crippen LogP contribution in [0.1, 0.15) is 10.4 Å². The molecule has 2 aromatic carbocycles. The van der Waals surface area contributed by atoms with Gasteiger partial charge in [0.2, 0.25) is 0 Å². The fourth-order valence-corrected chi connectivity index (χ4v) is 2.98. The summed E-state index contributed by atoms with van der Waals surface area (Å²) in [5.41, 5.74) is 3.03. The van der Waals surface area contributed by atoms with Crippen molar-refractivity contribution in [3.05, 3.63) is 53.8 Å². The highest BCUT2D eigenvalue weighted by Crippen LogP contribution is 2.19. The van der Waals surface area contributed by atoms with Gasteiger partial charge in [0.05, 0.1) is 0 Å². The van der Waals surface area contributed by atoms with Crippen LogP contribution in [0.4, 0.5) is 10.1 Å². The third kappa shape index (κ3) is 2.68. The summed E-state index contributed by atoms with van der Waals surface area (Å²) in [4.78, 5) is 16.6. The van der Waals surface area contributed by atoms with Gasteiger partial charge in [0.15, 0.2) is 0 Å². The molecule has 0 radical (unpaired) electrons. The number of H-pyrrole nitrogens is 1. The summed E-state index contributed by atoms with van der Waals surface area (Å²) in [6.45, 7) is 2.72. The van der Waals surface area contributed by atoms with Crippen molar-refractivity contribution in [2.24, 2.45) is 0 Å². The molecule has 122 valence electrons. The molecular formula is C17H16FN5O. The van der Waals surface area contributed by atoms with Crippen molar-refractivity contribution < 1.29 is 9.18 Å². The number of aromatic nitrogens is 3. The summed E-state index contributed by atoms with van der Waals surface area (Å²) < 4.78 is 13.0. The quantitative estimate of drug-likeness (QED) is 0.783. The molecule has 1 amide bonds. The van der Waals surface area contributed by atoms with E-state index in [4.69, 9.17) is 0 Å². The number of nitrogens with one attached hydrogen (secondary N) is 1. The fraction of sp³-hybridized carbons (Fsp3) is 0.235. The Bertz CT molecular complexity index is 868. The Hall–Kier alpha value is -2.96. The Morgan fingerprint density at radius 2 is 1.67 bits per heavy atom. The molecule has 1 aromatic heterocycles. The molecule has 1 saturated heterocycles. The van der Waals surface area contributed by atoms with Crippen molar-refractivity contribution in [2.75, 3.05) is 31.1 Å². The predicted molar refractivity (Wildman–Crippen MR) is 88.4 cm³/mol. The van der Waals surface area contributed by atoms with Gasteiger partial charge in [-0.1, -0.05) is 0 Å². The number of hydrogen-bond acceptors (Lipinski definition) is 4. The van der Waals surface area contributed by atoms with E-state index in [0.29, 0.717) is 24.2 Å². The van der Waals surface area contributed by atoms with E-state index in [9.17, 15) is 9.18 Å². The van der Waals surface area contributed by atoms with E-state index < -0.39 is 0 Å². The summed E-state index contributed by atoms with van der Waals surface area (Å²) in [6, 6.07) is 11.8. The van der Waals surface area contributed by atoms with Crippen LogP contribution in [0.15, 0.2) is 42.5 Å². The summed E-state index contributed by atoms with van der Waals surface area (Å²) in [6.07, 6.45) is 0. The molecule has 0 spiro atoms. The van der Waals surface area contributed by atoms with Gasteiger partial charge in [0, 0.05) is 37.4 Å². The molecule has 7 heteroatoms. The molecule has 4 rings (SSSR count). The Morgan fingerprint density at radius 1 is 0.958 bits per heavy atom. The third-order valence-corrected chi connectivity index (χ3v) is 4.32. The third-order valence-electron chi connectivity index (χ3n) is 4.32. The minimum absolute atomic E-state index is 0.00124. The molecule has 3 aromatic rings. The maximum Gasteiger partial charge on any atom is 0.254 e. The Morgan fingerprint density at radius 3 is 2.42 bits per heavy atom. The van der Waals surface area contributed by atoms with Gasteiger partial charge >= 0.3 is 0 Å². The monoisotopic (exact) mass is 325 g/mol. The minimum atomic E-state index is -0.240. The average Bonchev–Trinajstić information content (AvgIpc) is 3.09. The molecule has 6 nitrogen and oxygen atoms in total. The second kappa shape index (κ2) is 5.92. The van der Waals surface area contributed by atoms with Crippen molar-refractivity contribution in [2.45, 2.75) is 0 Å². The molecule has 0 bridgehead atoms. The summed E-state index contributed by atoms with van der Waals surface area (Å²) in [7, 11) is 0. The zero-order valence-electron chi connectivity index (χ0n) is 12.9. The second-order valence-electron chi connectivity index (χ2n) is 5.78. The summed E-state index contributed by atoms with van der Waals surface area (Å²) in [5.74, 6) is -0.241. The number of benzene rings is 2. The molecule has 1 fully saturated rings. The number of amides is 1. The van der Waals surface area contributed by atoms with Crippen molar-refractivity contribution in [1.29, 1.82) is 0 Å². The first-order valence-electron chi connectivity index (χ1n) is 7.81. The highest BCUT2D eigenvalue weighted by atomic mass is 19.1. The van der Waals surface area contributed by atoms with Crippen molar-refractivity contribution in [1.82, 2.24) is 20.3 Å². The number of halogens is 1. The average molecular weight is 325 g/mol. The lowest BCUT2D eigenvalue weighted by molar-refractivity contribution is 0.0747. The largest absolute Gasteiger partial charge is 0.368 e. The van der Waals surface area contributed by atoms with Gasteiger partial charge < -0.3 is 9.80 Å². The smallest absolute Gasteiger partial charge is 0.254 e. The van der Waals surface area contributed by atoms with Gasteiger partial charge in [-0.15, -0.1) is 0 Å². The number of carbonyl (C=O) groups is 1. The second-order valence-corrected chi connectivity index (χ2v) is 5.78. The maximum atomic E-state index is 13.0. The van der Waals surface area contributed by atoms with Crippen LogP contribution < -0.4 is 4.90 Å². The fourth-order valence-electron chi connectivity index (χ4n) is 2.98. The first-order chi connectivity index (χ1) is 11.7. The number of carbonyl (C=O) groups excluding carboxylic acids is 1. The SMILES string of the molecule is O=C(c1ccc2n[nH]nc2c1)N1CCN(c2ccc(F)cc2)CC1. The van der Waals surface area contributed by atoms with Crippen LogP contribution in [0.2, 0.25) is 0 Å². The van der Waals surface area contributed by atoms with Crippen LogP contribution in [0.5, 0.6) is 0 Å². The van der Waals surface area contributed by atoms with Gasteiger partial charge in [0.1, 0.15) is 16.9 Å². The Labute approximate surface area is 137 Å². The molecule has 0 saturated carbocycles. The van der Waals surface area contributed by atoms with Gasteiger partial charge in [-0.05, 0) is 42.5 Å². The van der Waals surface area contributed by atoms with Crippen LogP contribution >= 0.6 is 0 Å². The number of nitrogens with zero attached hydrogens (tertiary/aromatic N) is 4. The molecule has 1 aliphatic heterocycles. The summed E-state index contributed by atoms with van der Waals surface area (Å²) >= 11 is 0. The maximum absolute atomic E-state index is 13.0. The lowest BCUT2D eigenvalue weighted by atomic mass is 10.1. The predicted octanol–water partition coefficient (Wildman–Crippen LogP) is 2.06. The molecular weight excluding hydrogens is 309 g/mol. The van der Waals surface area contributed by atoms with Gasteiger partial charge in [-0.3, -0.25) is 4.79 Å². The number of hydrogen-bond donors (Lipinski definition) is 1. The van der Waals surface area contributed by atoms with Crippen LogP contribution in [0.3, 0.4) is 0 Å². The Kier molecular flexibility index (Phi) is 3.60. The van der Waals surface area contributed by atoms with E-state index in [1.165, 1.54) is 12.1 Å². The van der Waals surface area contributed by atoms with E-state index in [1.54, 1.807) is 30.3 Å². The number of rotatable bonds is 2. The van der Waals surface area contributed by atoms with E-state index >= 15 is 0 Å². The highest BCUT2D eigenvalue weighted by molar-refractivity contribution is 5.97. The van der Waals surface area contributed by atoms with Crippen LogP contribution in [-0.2, 0) is 0 Å². The standard InChI is InChI=1S/C17H16FN5O/c18-13-2-4-14(5-3-13)22-7-9-23(10-8-22)17(24)12-1-6-15-16(11-12)20-21-19-15/h1-6,11H,7-10H2,(H,19,20,21). The van der Waals surface area contributed by atoms with Gasteiger partial charge in [-0.2, -0.15) is 15.4 Å². The normalized spacial score (nSPS) is 15.0. The first-order valence-corrected chi connectivity index (χ1v) is 7.81. The summed E-state index contributed by atoms with van der Waals surface area (Å²) in [5, 5.41) is 10.6. The van der Waals surface area contributed by atoms with Crippen LogP contribution in [0.25, 0.3) is 11.0 Å². The van der Waals surface area contributed by atoms with E-state index in [2.05, 4.69) is 20.3 Å². The topological polar surface area (TPSA) is 65.1 Å². The minimum Gasteiger partial charge on any atom is -0.368 e. The van der Waals surface area contributed by atoms with Gasteiger partial charge in [0.25, 0.3) is 5.91 Å². The number of anilines is 1. The molecule has 1 N–H and O–H groups in total. The molecule has 2 heterocycles.